The number of nitrogens with one attached hydrogen (secondary N) is 3. The van der Waals surface area contributed by atoms with E-state index in [-0.39, 0.29) is 0 Å². The van der Waals surface area contributed by atoms with Crippen LogP contribution in [0.1, 0.15) is 16.8 Å². The Morgan fingerprint density at radius 2 is 1.60 bits per heavy atom. The number of rotatable bonds is 8. The predicted octanol–water partition coefficient (Wildman–Crippen LogP) is 7.56. The third-order valence-corrected chi connectivity index (χ3v) is 6.80. The molecule has 0 atom stereocenters. The molecule has 7 heteroatoms. The van der Waals surface area contributed by atoms with E-state index >= 15 is 0 Å². The van der Waals surface area contributed by atoms with E-state index in [1.54, 1.807) is 31.0 Å². The lowest BCUT2D eigenvalue weighted by Gasteiger charge is -2.14. The van der Waals surface area contributed by atoms with Crippen molar-refractivity contribution in [3.05, 3.63) is 134 Å². The molecule has 0 aliphatic heterocycles. The van der Waals surface area contributed by atoms with E-state index in [2.05, 4.69) is 61.9 Å². The molecule has 40 heavy (non-hydrogen) atoms. The summed E-state index contributed by atoms with van der Waals surface area (Å²) in [5.74, 6) is 0. The van der Waals surface area contributed by atoms with Gasteiger partial charge in [0.1, 0.15) is 5.69 Å². The quantitative estimate of drug-likeness (QED) is 0.191. The molecular formula is C33H27N7. The first-order valence-electron chi connectivity index (χ1n) is 12.8. The first-order chi connectivity index (χ1) is 19.6. The monoisotopic (exact) mass is 521 g/mol. The molecular weight excluding hydrogens is 494 g/mol. The smallest absolute Gasteiger partial charge is 0.116 e. The fourth-order valence-electron chi connectivity index (χ4n) is 4.68. The minimum Gasteiger partial charge on any atom is -0.354 e. The second-order valence-corrected chi connectivity index (χ2v) is 9.44. The summed E-state index contributed by atoms with van der Waals surface area (Å²) < 4.78 is 0. The summed E-state index contributed by atoms with van der Waals surface area (Å²) in [5, 5.41) is 15.4. The molecule has 0 fully saturated rings. The lowest BCUT2D eigenvalue weighted by atomic mass is 10.00. The summed E-state index contributed by atoms with van der Waals surface area (Å²) >= 11 is 0. The van der Waals surface area contributed by atoms with Crippen molar-refractivity contribution in [2.24, 2.45) is 0 Å². The molecule has 6 rings (SSSR count). The largest absolute Gasteiger partial charge is 0.354 e. The van der Waals surface area contributed by atoms with Crippen molar-refractivity contribution in [1.29, 1.82) is 0 Å². The van der Waals surface area contributed by atoms with Crippen molar-refractivity contribution in [3.8, 4) is 22.4 Å². The van der Waals surface area contributed by atoms with Gasteiger partial charge >= 0.3 is 0 Å². The Kier molecular flexibility index (Phi) is 6.60. The van der Waals surface area contributed by atoms with Crippen molar-refractivity contribution in [3.63, 3.8) is 0 Å². The highest BCUT2D eigenvalue weighted by atomic mass is 15.1. The average molecular weight is 522 g/mol. The maximum Gasteiger partial charge on any atom is 0.116 e. The molecule has 3 N–H and O–H groups in total. The number of hydrogen-bond acceptors (Lipinski definition) is 6. The average Bonchev–Trinajstić information content (AvgIpc) is 3.43. The van der Waals surface area contributed by atoms with Gasteiger partial charge in [0, 0.05) is 40.9 Å². The molecule has 0 bridgehead atoms. The Balaban J connectivity index is 1.27. The van der Waals surface area contributed by atoms with Crippen LogP contribution in [-0.4, -0.2) is 25.1 Å². The zero-order valence-corrected chi connectivity index (χ0v) is 22.0. The zero-order valence-electron chi connectivity index (χ0n) is 22.0. The molecule has 0 aliphatic carbocycles. The third kappa shape index (κ3) is 4.96. The van der Waals surface area contributed by atoms with Crippen molar-refractivity contribution in [1.82, 2.24) is 25.1 Å². The lowest BCUT2D eigenvalue weighted by Crippen LogP contribution is -2.01. The van der Waals surface area contributed by atoms with E-state index in [1.165, 1.54) is 0 Å². The molecule has 6 aromatic rings. The molecule has 0 unspecified atom stereocenters. The topological polar surface area (TPSA) is 91.4 Å². The highest BCUT2D eigenvalue weighted by Crippen LogP contribution is 2.32. The number of fused-ring (bicyclic) bond motifs is 1. The predicted molar refractivity (Wildman–Crippen MR) is 163 cm³/mol. The van der Waals surface area contributed by atoms with Gasteiger partial charge in [0.05, 0.1) is 35.0 Å². The second kappa shape index (κ2) is 10.7. The number of H-pyrrole nitrogens is 1. The second-order valence-electron chi connectivity index (χ2n) is 9.44. The number of aromatic nitrogens is 5. The lowest BCUT2D eigenvalue weighted by molar-refractivity contribution is 1.09. The van der Waals surface area contributed by atoms with Gasteiger partial charge in [-0.05, 0) is 59.5 Å². The third-order valence-electron chi connectivity index (χ3n) is 6.80. The van der Waals surface area contributed by atoms with Crippen molar-refractivity contribution < 1.29 is 0 Å². The maximum atomic E-state index is 4.65. The van der Waals surface area contributed by atoms with Gasteiger partial charge in [-0.1, -0.05) is 55.6 Å². The van der Waals surface area contributed by atoms with Crippen LogP contribution in [0.5, 0.6) is 0 Å². The molecule has 0 saturated heterocycles. The van der Waals surface area contributed by atoms with Crippen LogP contribution >= 0.6 is 0 Å². The summed E-state index contributed by atoms with van der Waals surface area (Å²) in [6.45, 7) is 10.6. The SMILES string of the molecule is C=C(Nc1cncc(-c2cc3c(C(=C)Nc4cccc(-c5ccncc5)c4C)n[nH]c3cn2)c1)c1ccccc1. The van der Waals surface area contributed by atoms with E-state index < -0.39 is 0 Å². The van der Waals surface area contributed by atoms with E-state index in [0.29, 0.717) is 5.70 Å². The Bertz CT molecular complexity index is 1840. The van der Waals surface area contributed by atoms with E-state index in [1.807, 2.05) is 66.7 Å². The van der Waals surface area contributed by atoms with Gasteiger partial charge in [0.25, 0.3) is 0 Å². The van der Waals surface area contributed by atoms with Gasteiger partial charge in [-0.15, -0.1) is 0 Å². The van der Waals surface area contributed by atoms with Gasteiger partial charge in [0.15, 0.2) is 0 Å². The molecule has 0 aliphatic rings. The van der Waals surface area contributed by atoms with Gasteiger partial charge in [-0.2, -0.15) is 5.10 Å². The Hall–Kier alpha value is -5.56. The summed E-state index contributed by atoms with van der Waals surface area (Å²) in [4.78, 5) is 13.2. The molecule has 0 radical (unpaired) electrons. The highest BCUT2D eigenvalue weighted by Gasteiger charge is 2.14. The molecule has 4 heterocycles. The Morgan fingerprint density at radius 1 is 0.775 bits per heavy atom. The first-order valence-corrected chi connectivity index (χ1v) is 12.8. The van der Waals surface area contributed by atoms with E-state index in [9.17, 15) is 0 Å². The molecule has 0 saturated carbocycles. The van der Waals surface area contributed by atoms with E-state index in [4.69, 9.17) is 0 Å². The van der Waals surface area contributed by atoms with E-state index in [0.717, 1.165) is 67.2 Å². The van der Waals surface area contributed by atoms with Crippen molar-refractivity contribution >= 4 is 33.7 Å². The molecule has 194 valence electrons. The molecule has 4 aromatic heterocycles. The van der Waals surface area contributed by atoms with Crippen LogP contribution in [0.15, 0.2) is 117 Å². The number of nitrogens with zero attached hydrogens (tertiary/aromatic N) is 4. The molecule has 0 spiro atoms. The summed E-state index contributed by atoms with van der Waals surface area (Å²) in [7, 11) is 0. The van der Waals surface area contributed by atoms with Crippen molar-refractivity contribution in [2.45, 2.75) is 6.92 Å². The van der Waals surface area contributed by atoms with Crippen LogP contribution in [0.3, 0.4) is 0 Å². The minimum absolute atomic E-state index is 0.686. The first kappa shape index (κ1) is 24.8. The van der Waals surface area contributed by atoms with Gasteiger partial charge in [-0.25, -0.2) is 0 Å². The maximum absolute atomic E-state index is 4.65. The van der Waals surface area contributed by atoms with Crippen LogP contribution in [0.2, 0.25) is 0 Å². The van der Waals surface area contributed by atoms with Crippen LogP contribution in [0, 0.1) is 6.92 Å². The van der Waals surface area contributed by atoms with Crippen molar-refractivity contribution in [2.75, 3.05) is 10.6 Å². The number of aromatic amines is 1. The number of pyridine rings is 3. The minimum atomic E-state index is 0.686. The molecule has 7 nitrogen and oxygen atoms in total. The van der Waals surface area contributed by atoms with Gasteiger partial charge in [-0.3, -0.25) is 20.1 Å². The fourth-order valence-corrected chi connectivity index (χ4v) is 4.68. The normalized spacial score (nSPS) is 10.8. The Labute approximate surface area is 232 Å². The summed E-state index contributed by atoms with van der Waals surface area (Å²) in [6, 6.07) is 24.2. The number of hydrogen-bond donors (Lipinski definition) is 3. The molecule has 2 aromatic carbocycles. The fraction of sp³-hybridized carbons (Fsp3) is 0.0303. The summed E-state index contributed by atoms with van der Waals surface area (Å²) in [6.07, 6.45) is 8.96. The standard InChI is InChI=1S/C33H27N7/c1-21-28(25-12-14-34-15-13-25)10-7-11-30(21)38-23(3)33-29-17-31(36-20-32(29)39-40-33)26-16-27(19-35-18-26)37-22(2)24-8-5-4-6-9-24/h4-20,37-38H,2-3H2,1H3,(H,39,40). The Morgan fingerprint density at radius 3 is 2.42 bits per heavy atom. The van der Waals surface area contributed by atoms with Crippen LogP contribution in [-0.2, 0) is 0 Å². The van der Waals surface area contributed by atoms with Gasteiger partial charge in [0.2, 0.25) is 0 Å². The van der Waals surface area contributed by atoms with Crippen LogP contribution < -0.4 is 10.6 Å². The van der Waals surface area contributed by atoms with Crippen LogP contribution in [0.4, 0.5) is 11.4 Å². The zero-order chi connectivity index (χ0) is 27.5. The number of anilines is 2. The molecule has 0 amide bonds. The summed E-state index contributed by atoms with van der Waals surface area (Å²) in [5.41, 5.74) is 10.9. The highest BCUT2D eigenvalue weighted by molar-refractivity contribution is 5.94. The van der Waals surface area contributed by atoms with Crippen LogP contribution in [0.25, 0.3) is 44.7 Å². The van der Waals surface area contributed by atoms with Gasteiger partial charge < -0.3 is 10.6 Å². The number of benzene rings is 2.